The second-order valence-electron chi connectivity index (χ2n) is 9.22. The molecule has 1 aliphatic carbocycles. The molecule has 0 amide bonds. The number of anilines is 2. The molecule has 1 saturated heterocycles. The second kappa shape index (κ2) is 8.66. The quantitative estimate of drug-likeness (QED) is 0.341. The molecule has 0 unspecified atom stereocenters. The largest absolute Gasteiger partial charge is 0.368 e. The molecular formula is C30H27N3S. The minimum absolute atomic E-state index is 0.846. The summed E-state index contributed by atoms with van der Waals surface area (Å²) in [4.78, 5) is 6.28. The summed E-state index contributed by atoms with van der Waals surface area (Å²) < 4.78 is 0. The van der Waals surface area contributed by atoms with Gasteiger partial charge in [0.05, 0.1) is 11.3 Å². The van der Waals surface area contributed by atoms with E-state index in [0.717, 1.165) is 50.3 Å². The van der Waals surface area contributed by atoms with Gasteiger partial charge >= 0.3 is 0 Å². The molecule has 3 nitrogen and oxygen atoms in total. The standard InChI is InChI=1S/C30H27N3S/c1-21-7-9-22(10-8-21)26-19-28(33-16-14-32(15-17-33)23-5-3-2-4-6-23)27(20-31)30-24(26)11-12-29-25(30)13-18-34-29/h2-10,13,18-19H,11-12,14-17H2,1H3. The first-order valence-electron chi connectivity index (χ1n) is 12.0. The van der Waals surface area contributed by atoms with Crippen molar-refractivity contribution in [2.75, 3.05) is 36.0 Å². The molecule has 34 heavy (non-hydrogen) atoms. The molecule has 0 spiro atoms. The normalized spacial score (nSPS) is 14.9. The van der Waals surface area contributed by atoms with Gasteiger partial charge < -0.3 is 9.80 Å². The topological polar surface area (TPSA) is 30.3 Å². The van der Waals surface area contributed by atoms with Crippen LogP contribution in [0.25, 0.3) is 22.3 Å². The molecule has 168 valence electrons. The van der Waals surface area contributed by atoms with Crippen molar-refractivity contribution < 1.29 is 0 Å². The van der Waals surface area contributed by atoms with Crippen LogP contribution in [-0.4, -0.2) is 26.2 Å². The van der Waals surface area contributed by atoms with E-state index < -0.39 is 0 Å². The Morgan fingerprint density at radius 3 is 2.29 bits per heavy atom. The molecule has 0 radical (unpaired) electrons. The van der Waals surface area contributed by atoms with Crippen molar-refractivity contribution in [1.82, 2.24) is 0 Å². The van der Waals surface area contributed by atoms with Crippen LogP contribution < -0.4 is 9.80 Å². The molecule has 3 aromatic carbocycles. The summed E-state index contributed by atoms with van der Waals surface area (Å²) in [6, 6.07) is 26.6. The van der Waals surface area contributed by atoms with Crippen LogP contribution in [-0.2, 0) is 12.8 Å². The zero-order valence-electron chi connectivity index (χ0n) is 19.4. The van der Waals surface area contributed by atoms with Crippen LogP contribution in [0, 0.1) is 18.3 Å². The summed E-state index contributed by atoms with van der Waals surface area (Å²) in [5, 5.41) is 12.6. The number of fused-ring (bicyclic) bond motifs is 3. The Morgan fingerprint density at radius 2 is 1.56 bits per heavy atom. The number of nitrogens with zero attached hydrogens (tertiary/aromatic N) is 3. The molecule has 4 aromatic rings. The molecule has 6 rings (SSSR count). The SMILES string of the molecule is Cc1ccc(-c2cc(N3CCN(c4ccccc4)CC3)c(C#N)c3c2CCc2sccc2-3)cc1. The van der Waals surface area contributed by atoms with Gasteiger partial charge in [-0.3, -0.25) is 0 Å². The lowest BCUT2D eigenvalue weighted by Gasteiger charge is -2.38. The minimum atomic E-state index is 0.846. The molecule has 0 bridgehead atoms. The maximum atomic E-state index is 10.4. The second-order valence-corrected chi connectivity index (χ2v) is 10.2. The van der Waals surface area contributed by atoms with E-state index >= 15 is 0 Å². The number of benzene rings is 3. The van der Waals surface area contributed by atoms with Crippen LogP contribution in [0.4, 0.5) is 11.4 Å². The molecule has 0 N–H and O–H groups in total. The van der Waals surface area contributed by atoms with Crippen LogP contribution in [0.2, 0.25) is 0 Å². The van der Waals surface area contributed by atoms with Gasteiger partial charge in [0, 0.05) is 42.3 Å². The number of hydrogen-bond acceptors (Lipinski definition) is 4. The van der Waals surface area contributed by atoms with E-state index in [2.05, 4.69) is 94.9 Å². The number of rotatable bonds is 3. The summed E-state index contributed by atoms with van der Waals surface area (Å²) >= 11 is 1.82. The maximum Gasteiger partial charge on any atom is 0.102 e. The van der Waals surface area contributed by atoms with Crippen molar-refractivity contribution in [2.24, 2.45) is 0 Å². The number of hydrogen-bond donors (Lipinski definition) is 0. The minimum Gasteiger partial charge on any atom is -0.368 e. The van der Waals surface area contributed by atoms with E-state index in [-0.39, 0.29) is 0 Å². The van der Waals surface area contributed by atoms with Gasteiger partial charge in [0.25, 0.3) is 0 Å². The lowest BCUT2D eigenvalue weighted by atomic mass is 9.81. The highest BCUT2D eigenvalue weighted by Gasteiger charge is 2.29. The Bertz CT molecular complexity index is 1370. The summed E-state index contributed by atoms with van der Waals surface area (Å²) in [6.07, 6.45) is 2.04. The average molecular weight is 462 g/mol. The van der Waals surface area contributed by atoms with Gasteiger partial charge in [0.1, 0.15) is 6.07 Å². The van der Waals surface area contributed by atoms with E-state index in [1.165, 1.54) is 43.9 Å². The Hall–Kier alpha value is -3.55. The van der Waals surface area contributed by atoms with E-state index in [0.29, 0.717) is 0 Å². The molecular weight excluding hydrogens is 434 g/mol. The van der Waals surface area contributed by atoms with Crippen molar-refractivity contribution >= 4 is 22.7 Å². The Morgan fingerprint density at radius 1 is 0.824 bits per heavy atom. The Labute approximate surface area is 205 Å². The van der Waals surface area contributed by atoms with Crippen LogP contribution in [0.15, 0.2) is 72.1 Å². The molecule has 2 aliphatic rings. The van der Waals surface area contributed by atoms with E-state index in [1.54, 1.807) is 0 Å². The molecule has 0 atom stereocenters. The monoisotopic (exact) mass is 461 g/mol. The zero-order chi connectivity index (χ0) is 23.1. The number of piperazine rings is 1. The molecule has 2 heterocycles. The summed E-state index contributed by atoms with van der Waals surface area (Å²) in [7, 11) is 0. The first kappa shape index (κ1) is 21.0. The smallest absolute Gasteiger partial charge is 0.102 e. The van der Waals surface area contributed by atoms with Gasteiger partial charge in [-0.25, -0.2) is 0 Å². The van der Waals surface area contributed by atoms with Crippen LogP contribution >= 0.6 is 11.3 Å². The van der Waals surface area contributed by atoms with Gasteiger partial charge in [0.15, 0.2) is 0 Å². The zero-order valence-corrected chi connectivity index (χ0v) is 20.2. The Balaban J connectivity index is 1.45. The first-order chi connectivity index (χ1) is 16.7. The average Bonchev–Trinajstić information content (AvgIpc) is 3.38. The highest BCUT2D eigenvalue weighted by Crippen LogP contribution is 2.46. The van der Waals surface area contributed by atoms with Crippen molar-refractivity contribution in [3.05, 3.63) is 93.7 Å². The predicted molar refractivity (Wildman–Crippen MR) is 143 cm³/mol. The van der Waals surface area contributed by atoms with Crippen LogP contribution in [0.3, 0.4) is 0 Å². The summed E-state index contributed by atoms with van der Waals surface area (Å²) in [5.74, 6) is 0. The molecule has 1 fully saturated rings. The number of para-hydroxylation sites is 1. The molecule has 0 saturated carbocycles. The third-order valence-electron chi connectivity index (χ3n) is 7.25. The van der Waals surface area contributed by atoms with Gasteiger partial charge in [-0.1, -0.05) is 48.0 Å². The predicted octanol–water partition coefficient (Wildman–Crippen LogP) is 6.69. The van der Waals surface area contributed by atoms with Gasteiger partial charge in [-0.05, 0) is 71.7 Å². The highest BCUT2D eigenvalue weighted by molar-refractivity contribution is 7.10. The molecule has 1 aliphatic heterocycles. The van der Waals surface area contributed by atoms with Crippen LogP contribution in [0.1, 0.15) is 21.6 Å². The van der Waals surface area contributed by atoms with Gasteiger partial charge in [0.2, 0.25) is 0 Å². The first-order valence-corrected chi connectivity index (χ1v) is 12.9. The Kier molecular flexibility index (Phi) is 5.36. The van der Waals surface area contributed by atoms with Crippen molar-refractivity contribution in [3.8, 4) is 28.3 Å². The lowest BCUT2D eigenvalue weighted by Crippen LogP contribution is -2.46. The molecule has 1 aromatic heterocycles. The molecule has 4 heteroatoms. The van der Waals surface area contributed by atoms with Crippen molar-refractivity contribution in [2.45, 2.75) is 19.8 Å². The van der Waals surface area contributed by atoms with E-state index in [4.69, 9.17) is 0 Å². The van der Waals surface area contributed by atoms with Crippen LogP contribution in [0.5, 0.6) is 0 Å². The fraction of sp³-hybridized carbons (Fsp3) is 0.233. The van der Waals surface area contributed by atoms with Crippen molar-refractivity contribution in [1.29, 1.82) is 5.26 Å². The van der Waals surface area contributed by atoms with E-state index in [1.807, 2.05) is 11.3 Å². The third-order valence-corrected chi connectivity index (χ3v) is 8.23. The summed E-state index contributed by atoms with van der Waals surface area (Å²) in [5.41, 5.74) is 10.8. The lowest BCUT2D eigenvalue weighted by molar-refractivity contribution is 0.653. The number of aryl methyl sites for hydroxylation is 2. The van der Waals surface area contributed by atoms with E-state index in [9.17, 15) is 5.26 Å². The third kappa shape index (κ3) is 3.57. The highest BCUT2D eigenvalue weighted by atomic mass is 32.1. The van der Waals surface area contributed by atoms with Gasteiger partial charge in [-0.2, -0.15) is 5.26 Å². The number of nitriles is 1. The van der Waals surface area contributed by atoms with Gasteiger partial charge in [-0.15, -0.1) is 11.3 Å². The number of thiophene rings is 1. The maximum absolute atomic E-state index is 10.4. The van der Waals surface area contributed by atoms with Crippen molar-refractivity contribution in [3.63, 3.8) is 0 Å². The fourth-order valence-electron chi connectivity index (χ4n) is 5.46. The summed E-state index contributed by atoms with van der Waals surface area (Å²) in [6.45, 7) is 5.86. The fourth-order valence-corrected chi connectivity index (χ4v) is 6.35.